The van der Waals surface area contributed by atoms with Crippen LogP contribution in [0.1, 0.15) is 43.1 Å². The van der Waals surface area contributed by atoms with Crippen molar-refractivity contribution in [3.8, 4) is 6.07 Å². The van der Waals surface area contributed by atoms with Gasteiger partial charge in [-0.2, -0.15) is 5.26 Å². The van der Waals surface area contributed by atoms with E-state index in [9.17, 15) is 9.90 Å². The molecule has 2 aromatic rings. The van der Waals surface area contributed by atoms with Crippen molar-refractivity contribution in [1.82, 2.24) is 4.90 Å². The van der Waals surface area contributed by atoms with Crippen LogP contribution in [0.15, 0.2) is 46.7 Å². The number of nitriles is 1. The summed E-state index contributed by atoms with van der Waals surface area (Å²) in [5, 5.41) is 24.4. The molecule has 2 N–H and O–H groups in total. The number of thiophene rings is 1. The molecular weight excluding hydrogens is 402 g/mol. The molecule has 2 unspecified atom stereocenters. The van der Waals surface area contributed by atoms with Crippen LogP contribution in [-0.4, -0.2) is 40.8 Å². The van der Waals surface area contributed by atoms with E-state index in [1.54, 1.807) is 11.3 Å². The average molecular weight is 430 g/mol. The summed E-state index contributed by atoms with van der Waals surface area (Å²) in [6.45, 7) is 1.19. The molecule has 0 radical (unpaired) electrons. The van der Waals surface area contributed by atoms with Gasteiger partial charge in [-0.3, -0.25) is 9.69 Å². The fourth-order valence-electron chi connectivity index (χ4n) is 3.75. The fraction of sp³-hybridized carbons (Fsp3) is 0.455. The molecule has 1 amide bonds. The van der Waals surface area contributed by atoms with Crippen molar-refractivity contribution in [2.75, 3.05) is 24.2 Å². The summed E-state index contributed by atoms with van der Waals surface area (Å²) in [6, 6.07) is 13.8. The number of nitrogens with zero attached hydrogens (tertiary/aromatic N) is 2. The fourth-order valence-corrected chi connectivity index (χ4v) is 5.14. The molecular formula is C22H27N3O2S2. The van der Waals surface area contributed by atoms with Crippen molar-refractivity contribution >= 4 is 34.7 Å². The van der Waals surface area contributed by atoms with Gasteiger partial charge in [0.1, 0.15) is 0 Å². The summed E-state index contributed by atoms with van der Waals surface area (Å²) in [7, 11) is 0. The molecule has 1 aromatic heterocycles. The van der Waals surface area contributed by atoms with Crippen LogP contribution in [0, 0.1) is 11.3 Å². The molecule has 0 saturated carbocycles. The molecule has 1 aliphatic rings. The maximum Gasteiger partial charge on any atom is 0.238 e. The van der Waals surface area contributed by atoms with Gasteiger partial charge in [0.25, 0.3) is 0 Å². The predicted octanol–water partition coefficient (Wildman–Crippen LogP) is 4.67. The lowest BCUT2D eigenvalue weighted by Gasteiger charge is -2.30. The SMILES string of the molecule is N#CCSc1ccccc1NC(=O)CN1CCCCCC1CC(O)c1cccs1. The zero-order valence-corrected chi connectivity index (χ0v) is 18.1. The highest BCUT2D eigenvalue weighted by Gasteiger charge is 2.26. The normalized spacial score (nSPS) is 18.6. The van der Waals surface area contributed by atoms with Crippen LogP contribution in [0.4, 0.5) is 5.69 Å². The van der Waals surface area contributed by atoms with Crippen LogP contribution in [0.25, 0.3) is 0 Å². The van der Waals surface area contributed by atoms with Gasteiger partial charge in [-0.05, 0) is 49.4 Å². The number of nitrogens with one attached hydrogen (secondary N) is 1. The van der Waals surface area contributed by atoms with Crippen molar-refractivity contribution in [1.29, 1.82) is 5.26 Å². The first kappa shape index (κ1) is 21.8. The molecule has 1 aromatic carbocycles. The number of benzene rings is 1. The Labute approximate surface area is 180 Å². The summed E-state index contributed by atoms with van der Waals surface area (Å²) < 4.78 is 0. The minimum Gasteiger partial charge on any atom is -0.388 e. The molecule has 0 spiro atoms. The maximum absolute atomic E-state index is 12.8. The number of likely N-dealkylation sites (tertiary alicyclic amines) is 1. The van der Waals surface area contributed by atoms with Crippen LogP contribution in [0.5, 0.6) is 0 Å². The van der Waals surface area contributed by atoms with Crippen LogP contribution < -0.4 is 5.32 Å². The number of amides is 1. The Morgan fingerprint density at radius 1 is 1.31 bits per heavy atom. The summed E-state index contributed by atoms with van der Waals surface area (Å²) in [4.78, 5) is 16.9. The second-order valence-corrected chi connectivity index (χ2v) is 9.23. The van der Waals surface area contributed by atoms with Gasteiger partial charge in [0.15, 0.2) is 0 Å². The van der Waals surface area contributed by atoms with E-state index in [-0.39, 0.29) is 11.9 Å². The predicted molar refractivity (Wildman–Crippen MR) is 119 cm³/mol. The molecule has 29 heavy (non-hydrogen) atoms. The number of aliphatic hydroxyl groups excluding tert-OH is 1. The van der Waals surface area contributed by atoms with Gasteiger partial charge in [0.05, 0.1) is 30.2 Å². The molecule has 0 bridgehead atoms. The molecule has 2 heterocycles. The highest BCUT2D eigenvalue weighted by molar-refractivity contribution is 7.99. The zero-order valence-electron chi connectivity index (χ0n) is 16.4. The first-order chi connectivity index (χ1) is 14.2. The van der Waals surface area contributed by atoms with E-state index >= 15 is 0 Å². The lowest BCUT2D eigenvalue weighted by molar-refractivity contribution is -0.118. The largest absolute Gasteiger partial charge is 0.388 e. The van der Waals surface area contributed by atoms with E-state index in [1.807, 2.05) is 41.8 Å². The van der Waals surface area contributed by atoms with Crippen LogP contribution >= 0.6 is 23.1 Å². The van der Waals surface area contributed by atoms with Crippen LogP contribution in [-0.2, 0) is 4.79 Å². The summed E-state index contributed by atoms with van der Waals surface area (Å²) >= 11 is 3.00. The number of thioether (sulfide) groups is 1. The Morgan fingerprint density at radius 2 is 2.17 bits per heavy atom. The molecule has 7 heteroatoms. The number of carbonyl (C=O) groups is 1. The molecule has 1 aliphatic heterocycles. The van der Waals surface area contributed by atoms with E-state index in [1.165, 1.54) is 11.8 Å². The van der Waals surface area contributed by atoms with Crippen molar-refractivity contribution in [3.05, 3.63) is 46.7 Å². The molecule has 0 aliphatic carbocycles. The molecule has 3 rings (SSSR count). The standard InChI is InChI=1S/C22H27N3O2S2/c23-11-14-29-20-9-4-3-8-18(20)24-22(27)16-25-12-5-1-2-7-17(25)15-19(26)21-10-6-13-28-21/h3-4,6,8-10,13,17,19,26H,1-2,5,7,12,14-16H2,(H,24,27). The van der Waals surface area contributed by atoms with Crippen LogP contribution in [0.3, 0.4) is 0 Å². The van der Waals surface area contributed by atoms with E-state index in [4.69, 9.17) is 5.26 Å². The zero-order chi connectivity index (χ0) is 20.5. The summed E-state index contributed by atoms with van der Waals surface area (Å²) in [5.74, 6) is 0.300. The van der Waals surface area contributed by atoms with Crippen molar-refractivity contribution in [3.63, 3.8) is 0 Å². The molecule has 2 atom stereocenters. The van der Waals surface area contributed by atoms with Crippen molar-refractivity contribution < 1.29 is 9.90 Å². The quantitative estimate of drug-likeness (QED) is 0.596. The second kappa shape index (κ2) is 11.4. The van der Waals surface area contributed by atoms with E-state index < -0.39 is 6.10 Å². The van der Waals surface area contributed by atoms with Crippen molar-refractivity contribution in [2.24, 2.45) is 0 Å². The Bertz CT molecular complexity index is 820. The Balaban J connectivity index is 1.63. The van der Waals surface area contributed by atoms with Gasteiger partial charge in [0.2, 0.25) is 5.91 Å². The number of hydrogen-bond donors (Lipinski definition) is 2. The van der Waals surface area contributed by atoms with Gasteiger partial charge in [-0.25, -0.2) is 0 Å². The Hall–Kier alpha value is -1.85. The maximum atomic E-state index is 12.8. The average Bonchev–Trinajstić information content (AvgIpc) is 3.18. The van der Waals surface area contributed by atoms with Gasteiger partial charge in [0, 0.05) is 15.8 Å². The summed E-state index contributed by atoms with van der Waals surface area (Å²) in [5.41, 5.74) is 0.753. The highest BCUT2D eigenvalue weighted by atomic mass is 32.2. The van der Waals surface area contributed by atoms with Gasteiger partial charge in [-0.1, -0.05) is 31.0 Å². The number of anilines is 1. The van der Waals surface area contributed by atoms with E-state index in [0.29, 0.717) is 18.7 Å². The van der Waals surface area contributed by atoms with Crippen LogP contribution in [0.2, 0.25) is 0 Å². The summed E-state index contributed by atoms with van der Waals surface area (Å²) in [6.07, 6.45) is 4.55. The Morgan fingerprint density at radius 3 is 2.97 bits per heavy atom. The van der Waals surface area contributed by atoms with Gasteiger partial charge < -0.3 is 10.4 Å². The minimum atomic E-state index is -0.480. The highest BCUT2D eigenvalue weighted by Crippen LogP contribution is 2.29. The van der Waals surface area contributed by atoms with Gasteiger partial charge in [-0.15, -0.1) is 23.1 Å². The second-order valence-electron chi connectivity index (χ2n) is 7.23. The number of rotatable bonds is 8. The first-order valence-corrected chi connectivity index (χ1v) is 11.9. The number of aliphatic hydroxyl groups is 1. The molecule has 5 nitrogen and oxygen atoms in total. The lowest BCUT2D eigenvalue weighted by atomic mass is 10.0. The third-order valence-electron chi connectivity index (χ3n) is 5.17. The van der Waals surface area contributed by atoms with Gasteiger partial charge >= 0.3 is 0 Å². The third kappa shape index (κ3) is 6.58. The smallest absolute Gasteiger partial charge is 0.238 e. The molecule has 1 fully saturated rings. The molecule has 154 valence electrons. The monoisotopic (exact) mass is 429 g/mol. The number of para-hydroxylation sites is 1. The Kier molecular flexibility index (Phi) is 8.56. The molecule has 1 saturated heterocycles. The first-order valence-electron chi connectivity index (χ1n) is 10.0. The van der Waals surface area contributed by atoms with E-state index in [2.05, 4.69) is 16.3 Å². The van der Waals surface area contributed by atoms with Crippen molar-refractivity contribution in [2.45, 2.75) is 49.1 Å². The number of carbonyl (C=O) groups excluding carboxylic acids is 1. The third-order valence-corrected chi connectivity index (χ3v) is 7.08. The minimum absolute atomic E-state index is 0.0486. The number of hydrogen-bond acceptors (Lipinski definition) is 6. The topological polar surface area (TPSA) is 76.4 Å². The lowest BCUT2D eigenvalue weighted by Crippen LogP contribution is -2.41. The van der Waals surface area contributed by atoms with E-state index in [0.717, 1.165) is 47.7 Å².